The van der Waals surface area contributed by atoms with Crippen molar-refractivity contribution in [2.45, 2.75) is 39.9 Å². The molecule has 1 aromatic rings. The highest BCUT2D eigenvalue weighted by Crippen LogP contribution is 2.25. The Balaban J connectivity index is 0.00000364. The maximum absolute atomic E-state index is 13.2. The van der Waals surface area contributed by atoms with E-state index in [1.165, 1.54) is 12.1 Å². The number of hydrogen-bond acceptors (Lipinski definition) is 3. The molecule has 1 fully saturated rings. The van der Waals surface area contributed by atoms with Crippen LogP contribution in [-0.4, -0.2) is 49.0 Å². The molecular formula is C19H30FIN4O2. The molecule has 1 aliphatic rings. The minimum absolute atomic E-state index is 0. The third-order valence-electron chi connectivity index (χ3n) is 4.43. The molecule has 8 heteroatoms. The number of carbonyl (C=O) groups is 1. The number of amides is 1. The molecule has 152 valence electrons. The number of guanidine groups is 1. The second-order valence-electron chi connectivity index (χ2n) is 7.31. The Morgan fingerprint density at radius 1 is 1.37 bits per heavy atom. The van der Waals surface area contributed by atoms with Crippen LogP contribution in [0.5, 0.6) is 0 Å². The molecule has 0 aromatic heterocycles. The lowest BCUT2D eigenvalue weighted by Crippen LogP contribution is -2.51. The van der Waals surface area contributed by atoms with Gasteiger partial charge >= 0.3 is 0 Å². The van der Waals surface area contributed by atoms with Crippen molar-refractivity contribution in [3.05, 3.63) is 35.6 Å². The fraction of sp³-hybridized carbons (Fsp3) is 0.579. The highest BCUT2D eigenvalue weighted by molar-refractivity contribution is 14.0. The van der Waals surface area contributed by atoms with E-state index in [0.717, 1.165) is 11.5 Å². The summed E-state index contributed by atoms with van der Waals surface area (Å²) in [6.07, 6.45) is -0.181. The van der Waals surface area contributed by atoms with Crippen LogP contribution >= 0.6 is 24.0 Å². The number of hydrogen-bond donors (Lipinski definition) is 2. The molecule has 1 amide bonds. The molecular weight excluding hydrogens is 462 g/mol. The number of carbonyl (C=O) groups excluding carboxylic acids is 1. The highest BCUT2D eigenvalue weighted by Gasteiger charge is 2.30. The summed E-state index contributed by atoms with van der Waals surface area (Å²) >= 11 is 0. The highest BCUT2D eigenvalue weighted by atomic mass is 127. The summed E-state index contributed by atoms with van der Waals surface area (Å²) in [5.41, 5.74) is 5.66. The van der Waals surface area contributed by atoms with E-state index in [9.17, 15) is 9.18 Å². The maximum Gasteiger partial charge on any atom is 0.224 e. The summed E-state index contributed by atoms with van der Waals surface area (Å²) in [5, 5.41) is 3.27. The number of halogens is 2. The quantitative estimate of drug-likeness (QED) is 0.377. The summed E-state index contributed by atoms with van der Waals surface area (Å²) in [4.78, 5) is 18.3. The van der Waals surface area contributed by atoms with Gasteiger partial charge in [-0.3, -0.25) is 9.79 Å². The molecule has 27 heavy (non-hydrogen) atoms. The van der Waals surface area contributed by atoms with E-state index in [0.29, 0.717) is 26.2 Å². The van der Waals surface area contributed by atoms with Gasteiger partial charge in [-0.1, -0.05) is 12.1 Å². The van der Waals surface area contributed by atoms with E-state index < -0.39 is 5.41 Å². The normalized spacial score (nSPS) is 20.8. The van der Waals surface area contributed by atoms with Gasteiger partial charge in [-0.05, 0) is 45.4 Å². The Morgan fingerprint density at radius 2 is 2.00 bits per heavy atom. The second kappa shape index (κ2) is 10.2. The number of nitrogens with two attached hydrogens (primary N) is 1. The fourth-order valence-electron chi connectivity index (χ4n) is 2.76. The van der Waals surface area contributed by atoms with Crippen molar-refractivity contribution in [3.8, 4) is 0 Å². The zero-order chi connectivity index (χ0) is 19.3. The molecule has 1 saturated heterocycles. The number of ether oxygens (including phenoxy) is 1. The van der Waals surface area contributed by atoms with Crippen LogP contribution in [0.2, 0.25) is 0 Å². The second-order valence-corrected chi connectivity index (χ2v) is 7.31. The van der Waals surface area contributed by atoms with Gasteiger partial charge in [-0.15, -0.1) is 24.0 Å². The molecule has 3 N–H and O–H groups in total. The average Bonchev–Trinajstić information content (AvgIpc) is 2.58. The smallest absolute Gasteiger partial charge is 0.224 e. The SMILES string of the molecule is CCNC(=NCC(C)(C)C(N)=O)N1CC(C)OC(c2ccc(F)cc2)C1.I. The minimum Gasteiger partial charge on any atom is -0.369 e. The Labute approximate surface area is 177 Å². The predicted octanol–water partition coefficient (Wildman–Crippen LogP) is 2.68. The van der Waals surface area contributed by atoms with E-state index in [1.54, 1.807) is 26.0 Å². The number of aliphatic imine (C=N–C) groups is 1. The van der Waals surface area contributed by atoms with Crippen LogP contribution < -0.4 is 11.1 Å². The Kier molecular flexibility index (Phi) is 8.93. The third-order valence-corrected chi connectivity index (χ3v) is 4.43. The van der Waals surface area contributed by atoms with Crippen molar-refractivity contribution in [2.24, 2.45) is 16.1 Å². The van der Waals surface area contributed by atoms with Crippen LogP contribution in [0.25, 0.3) is 0 Å². The topological polar surface area (TPSA) is 79.9 Å². The third kappa shape index (κ3) is 6.60. The lowest BCUT2D eigenvalue weighted by Gasteiger charge is -2.39. The van der Waals surface area contributed by atoms with Gasteiger partial charge in [0.15, 0.2) is 5.96 Å². The van der Waals surface area contributed by atoms with Crippen LogP contribution in [-0.2, 0) is 9.53 Å². The first-order chi connectivity index (χ1) is 12.2. The predicted molar refractivity (Wildman–Crippen MR) is 116 cm³/mol. The summed E-state index contributed by atoms with van der Waals surface area (Å²) in [7, 11) is 0. The molecule has 0 spiro atoms. The van der Waals surface area contributed by atoms with E-state index in [2.05, 4.69) is 15.2 Å². The van der Waals surface area contributed by atoms with Gasteiger partial charge in [0.25, 0.3) is 0 Å². The summed E-state index contributed by atoms with van der Waals surface area (Å²) in [6.45, 7) is 9.85. The summed E-state index contributed by atoms with van der Waals surface area (Å²) in [6, 6.07) is 6.38. The standard InChI is InChI=1S/C19H29FN4O2.HI/c1-5-22-18(23-12-19(3,4)17(21)25)24-10-13(2)26-16(11-24)14-6-8-15(20)9-7-14;/h6-9,13,16H,5,10-12H2,1-4H3,(H2,21,25)(H,22,23);1H. The van der Waals surface area contributed by atoms with Gasteiger partial charge in [0.05, 0.1) is 24.6 Å². The fourth-order valence-corrected chi connectivity index (χ4v) is 2.76. The monoisotopic (exact) mass is 492 g/mol. The zero-order valence-corrected chi connectivity index (χ0v) is 18.7. The average molecular weight is 492 g/mol. The molecule has 6 nitrogen and oxygen atoms in total. The molecule has 2 atom stereocenters. The lowest BCUT2D eigenvalue weighted by molar-refractivity contribution is -0.125. The van der Waals surface area contributed by atoms with Gasteiger partial charge in [0, 0.05) is 13.1 Å². The Hall–Kier alpha value is -1.42. The van der Waals surface area contributed by atoms with E-state index in [4.69, 9.17) is 10.5 Å². The number of primary amides is 1. The van der Waals surface area contributed by atoms with Gasteiger partial charge < -0.3 is 20.7 Å². The maximum atomic E-state index is 13.2. The number of nitrogens with zero attached hydrogens (tertiary/aromatic N) is 2. The molecule has 0 saturated carbocycles. The molecule has 1 aromatic carbocycles. The zero-order valence-electron chi connectivity index (χ0n) is 16.4. The van der Waals surface area contributed by atoms with Crippen LogP contribution in [0.4, 0.5) is 4.39 Å². The Bertz CT molecular complexity index is 652. The van der Waals surface area contributed by atoms with Crippen LogP contribution in [0.15, 0.2) is 29.3 Å². The first-order valence-electron chi connectivity index (χ1n) is 8.97. The number of rotatable bonds is 5. The van der Waals surface area contributed by atoms with Crippen LogP contribution in [0.1, 0.15) is 39.4 Å². The van der Waals surface area contributed by atoms with Gasteiger partial charge in [-0.2, -0.15) is 0 Å². The summed E-state index contributed by atoms with van der Waals surface area (Å²) < 4.78 is 19.2. The molecule has 0 bridgehead atoms. The lowest BCUT2D eigenvalue weighted by atomic mass is 9.93. The van der Waals surface area contributed by atoms with Gasteiger partial charge in [0.2, 0.25) is 5.91 Å². The van der Waals surface area contributed by atoms with E-state index in [1.807, 2.05) is 13.8 Å². The number of morpholine rings is 1. The molecule has 1 heterocycles. The molecule has 1 aliphatic heterocycles. The van der Waals surface area contributed by atoms with Crippen molar-refractivity contribution in [1.82, 2.24) is 10.2 Å². The van der Waals surface area contributed by atoms with Crippen molar-refractivity contribution < 1.29 is 13.9 Å². The van der Waals surface area contributed by atoms with Crippen LogP contribution in [0.3, 0.4) is 0 Å². The van der Waals surface area contributed by atoms with Crippen molar-refractivity contribution in [2.75, 3.05) is 26.2 Å². The van der Waals surface area contributed by atoms with Crippen molar-refractivity contribution in [1.29, 1.82) is 0 Å². The van der Waals surface area contributed by atoms with Gasteiger partial charge in [-0.25, -0.2) is 4.39 Å². The Morgan fingerprint density at radius 3 is 2.56 bits per heavy atom. The molecule has 2 rings (SSSR count). The molecule has 2 unspecified atom stereocenters. The molecule has 0 aliphatic carbocycles. The number of benzene rings is 1. The number of nitrogens with one attached hydrogen (secondary N) is 1. The minimum atomic E-state index is -0.713. The van der Waals surface area contributed by atoms with Crippen molar-refractivity contribution >= 4 is 35.8 Å². The first-order valence-corrected chi connectivity index (χ1v) is 8.97. The van der Waals surface area contributed by atoms with Crippen molar-refractivity contribution in [3.63, 3.8) is 0 Å². The first kappa shape index (κ1) is 23.6. The summed E-state index contributed by atoms with van der Waals surface area (Å²) in [5.74, 6) is 0.0822. The van der Waals surface area contributed by atoms with E-state index in [-0.39, 0.29) is 47.9 Å². The molecule has 0 radical (unpaired) electrons. The largest absolute Gasteiger partial charge is 0.369 e. The van der Waals surface area contributed by atoms with E-state index >= 15 is 0 Å². The van der Waals surface area contributed by atoms with Gasteiger partial charge in [0.1, 0.15) is 11.9 Å². The van der Waals surface area contributed by atoms with Crippen LogP contribution in [0, 0.1) is 11.2 Å².